The Labute approximate surface area is 157 Å². The lowest BCUT2D eigenvalue weighted by atomic mass is 10.1. The molecule has 2 heterocycles. The number of hydrogen-bond acceptors (Lipinski definition) is 7. The van der Waals surface area contributed by atoms with Crippen LogP contribution in [0.1, 0.15) is 5.56 Å². The van der Waals surface area contributed by atoms with Gasteiger partial charge in [-0.2, -0.15) is 10.3 Å². The molecule has 0 spiro atoms. The van der Waals surface area contributed by atoms with Crippen molar-refractivity contribution in [3.05, 3.63) is 23.9 Å². The van der Waals surface area contributed by atoms with E-state index in [1.165, 1.54) is 0 Å². The summed E-state index contributed by atoms with van der Waals surface area (Å²) in [6, 6.07) is 3.13. The summed E-state index contributed by atoms with van der Waals surface area (Å²) in [5, 5.41) is 3.85. The van der Waals surface area contributed by atoms with Crippen LogP contribution in [-0.4, -0.2) is 76.0 Å². The van der Waals surface area contributed by atoms with E-state index in [2.05, 4.69) is 15.3 Å². The Morgan fingerprint density at radius 3 is 2.30 bits per heavy atom. The molecule has 0 fully saturated rings. The minimum Gasteiger partial charge on any atom is -0.493 e. The normalized spacial score (nSPS) is 15.7. The molecule has 9 heteroatoms. The van der Waals surface area contributed by atoms with Crippen LogP contribution in [0.15, 0.2) is 28.3 Å². The Morgan fingerprint density at radius 1 is 1.07 bits per heavy atom. The number of carbonyl (C=O) groups is 1. The van der Waals surface area contributed by atoms with E-state index >= 15 is 0 Å². The summed E-state index contributed by atoms with van der Waals surface area (Å²) in [5.74, 6) is 2.35. The molecule has 0 atom stereocenters. The number of ether oxygens (including phenoxy) is 3. The van der Waals surface area contributed by atoms with Crippen LogP contribution in [0, 0.1) is 0 Å². The van der Waals surface area contributed by atoms with E-state index in [4.69, 9.17) is 14.2 Å². The summed E-state index contributed by atoms with van der Waals surface area (Å²) in [6.45, 7) is 1.36. The number of methoxy groups -OCH3 is 3. The molecule has 9 nitrogen and oxygen atoms in total. The standard InChI is InChI=1S/C18H22N5O4/c1-22(2)6-7-23-12(10-19-16-17(23)21-18(24)20-16)11-8-13(25-3)15(27-5)14(9-11)26-4/h8-10H,6-7H2,1-5H3. The van der Waals surface area contributed by atoms with Gasteiger partial charge < -0.3 is 24.0 Å². The molecule has 2 amide bonds. The molecule has 0 aliphatic carbocycles. The molecule has 0 aromatic heterocycles. The van der Waals surface area contributed by atoms with Crippen LogP contribution in [0.25, 0.3) is 5.70 Å². The molecule has 3 rings (SSSR count). The van der Waals surface area contributed by atoms with Gasteiger partial charge in [0, 0.05) is 18.7 Å². The first-order valence-electron chi connectivity index (χ1n) is 8.33. The molecule has 0 N–H and O–H groups in total. The van der Waals surface area contributed by atoms with E-state index in [0.29, 0.717) is 35.5 Å². The van der Waals surface area contributed by atoms with Gasteiger partial charge in [-0.25, -0.2) is 9.79 Å². The highest BCUT2D eigenvalue weighted by atomic mass is 16.5. The number of fused-ring (bicyclic) bond motifs is 1. The Balaban J connectivity index is 2.08. The number of likely N-dealkylation sites (N-methyl/N-ethyl adjacent to an activating group) is 1. The predicted molar refractivity (Wildman–Crippen MR) is 102 cm³/mol. The first-order chi connectivity index (χ1) is 13.0. The van der Waals surface area contributed by atoms with E-state index in [-0.39, 0.29) is 0 Å². The van der Waals surface area contributed by atoms with Crippen LogP contribution in [0.2, 0.25) is 0 Å². The highest BCUT2D eigenvalue weighted by Gasteiger charge is 2.33. The second-order valence-corrected chi connectivity index (χ2v) is 6.17. The smallest absolute Gasteiger partial charge is 0.371 e. The third-order valence-electron chi connectivity index (χ3n) is 4.19. The second kappa shape index (κ2) is 7.67. The monoisotopic (exact) mass is 372 g/mol. The SMILES string of the molecule is COc1cc(C2=CN=C3[N]C(=O)N=C3N2CCN(C)C)cc(OC)c1OC. The van der Waals surface area contributed by atoms with Gasteiger partial charge in [0.05, 0.1) is 33.2 Å². The minimum atomic E-state index is -0.543. The maximum atomic E-state index is 11.7. The number of urea groups is 1. The number of carbonyl (C=O) groups excluding carboxylic acids is 1. The summed E-state index contributed by atoms with van der Waals surface area (Å²) < 4.78 is 16.3. The number of amides is 2. The van der Waals surface area contributed by atoms with Crippen molar-refractivity contribution < 1.29 is 19.0 Å². The number of nitrogens with zero attached hydrogens (tertiary/aromatic N) is 5. The van der Waals surface area contributed by atoms with Crippen molar-refractivity contribution in [3.8, 4) is 17.2 Å². The average molecular weight is 372 g/mol. The molecule has 1 radical (unpaired) electrons. The topological polar surface area (TPSA) is 90.1 Å². The Bertz CT molecular complexity index is 819. The average Bonchev–Trinajstić information content (AvgIpc) is 3.04. The molecule has 2 aliphatic rings. The van der Waals surface area contributed by atoms with E-state index in [0.717, 1.165) is 17.8 Å². The summed E-state index contributed by atoms with van der Waals surface area (Å²) >= 11 is 0. The van der Waals surface area contributed by atoms with Gasteiger partial charge in [-0.1, -0.05) is 0 Å². The lowest BCUT2D eigenvalue weighted by molar-refractivity contribution is 0.253. The van der Waals surface area contributed by atoms with Crippen molar-refractivity contribution in [1.82, 2.24) is 15.1 Å². The van der Waals surface area contributed by atoms with Gasteiger partial charge in [0.25, 0.3) is 0 Å². The summed E-state index contributed by atoms with van der Waals surface area (Å²) in [4.78, 5) is 24.0. The largest absolute Gasteiger partial charge is 0.493 e. The number of rotatable bonds is 7. The van der Waals surface area contributed by atoms with Gasteiger partial charge in [-0.15, -0.1) is 0 Å². The zero-order valence-electron chi connectivity index (χ0n) is 16.0. The quantitative estimate of drug-likeness (QED) is 0.719. The van der Waals surface area contributed by atoms with E-state index < -0.39 is 6.03 Å². The number of hydrogen-bond donors (Lipinski definition) is 0. The number of aliphatic imine (C=N–C) groups is 2. The molecule has 2 aliphatic heterocycles. The van der Waals surface area contributed by atoms with Crippen LogP contribution < -0.4 is 19.5 Å². The Kier molecular flexibility index (Phi) is 5.31. The first kappa shape index (κ1) is 18.7. The predicted octanol–water partition coefficient (Wildman–Crippen LogP) is 1.42. The molecule has 1 aromatic rings. The lowest BCUT2D eigenvalue weighted by Crippen LogP contribution is -2.41. The molecule has 0 saturated heterocycles. The van der Waals surface area contributed by atoms with Gasteiger partial charge in [0.15, 0.2) is 17.3 Å². The van der Waals surface area contributed by atoms with Crippen LogP contribution in [-0.2, 0) is 0 Å². The van der Waals surface area contributed by atoms with E-state index in [1.54, 1.807) is 27.5 Å². The third kappa shape index (κ3) is 3.59. The highest BCUT2D eigenvalue weighted by Crippen LogP contribution is 2.41. The Morgan fingerprint density at radius 2 is 1.74 bits per heavy atom. The number of benzene rings is 1. The zero-order chi connectivity index (χ0) is 19.6. The fourth-order valence-corrected chi connectivity index (χ4v) is 2.87. The van der Waals surface area contributed by atoms with Gasteiger partial charge >= 0.3 is 6.03 Å². The maximum absolute atomic E-state index is 11.7. The molecule has 27 heavy (non-hydrogen) atoms. The first-order valence-corrected chi connectivity index (χ1v) is 8.33. The van der Waals surface area contributed by atoms with Crippen molar-refractivity contribution >= 4 is 23.4 Å². The fraction of sp³-hybridized carbons (Fsp3) is 0.389. The summed E-state index contributed by atoms with van der Waals surface area (Å²) in [7, 11) is 8.64. The number of amidine groups is 2. The second-order valence-electron chi connectivity index (χ2n) is 6.17. The Hall–Kier alpha value is -3.07. The van der Waals surface area contributed by atoms with Crippen molar-refractivity contribution in [2.75, 3.05) is 48.5 Å². The maximum Gasteiger partial charge on any atom is 0.371 e. The molecular weight excluding hydrogens is 350 g/mol. The van der Waals surface area contributed by atoms with Gasteiger partial charge in [0.1, 0.15) is 0 Å². The highest BCUT2D eigenvalue weighted by molar-refractivity contribution is 6.49. The van der Waals surface area contributed by atoms with Crippen molar-refractivity contribution in [1.29, 1.82) is 0 Å². The fourth-order valence-electron chi connectivity index (χ4n) is 2.87. The third-order valence-corrected chi connectivity index (χ3v) is 4.19. The molecule has 0 saturated carbocycles. The molecule has 1 aromatic carbocycles. The van der Waals surface area contributed by atoms with E-state index in [9.17, 15) is 4.79 Å². The van der Waals surface area contributed by atoms with Crippen LogP contribution in [0.5, 0.6) is 17.2 Å². The van der Waals surface area contributed by atoms with Crippen LogP contribution in [0.3, 0.4) is 0 Å². The molecule has 143 valence electrons. The van der Waals surface area contributed by atoms with Crippen LogP contribution in [0.4, 0.5) is 4.79 Å². The van der Waals surface area contributed by atoms with Gasteiger partial charge in [-0.05, 0) is 26.2 Å². The van der Waals surface area contributed by atoms with Crippen molar-refractivity contribution in [3.63, 3.8) is 0 Å². The van der Waals surface area contributed by atoms with Crippen LogP contribution >= 0.6 is 0 Å². The van der Waals surface area contributed by atoms with E-state index in [1.807, 2.05) is 36.0 Å². The molecule has 0 unspecified atom stereocenters. The zero-order valence-corrected chi connectivity index (χ0v) is 16.0. The molecule has 0 bridgehead atoms. The van der Waals surface area contributed by atoms with Gasteiger partial charge in [0.2, 0.25) is 11.6 Å². The van der Waals surface area contributed by atoms with Gasteiger partial charge in [-0.3, -0.25) is 0 Å². The van der Waals surface area contributed by atoms with Crippen molar-refractivity contribution in [2.45, 2.75) is 0 Å². The minimum absolute atomic E-state index is 0.329. The lowest BCUT2D eigenvalue weighted by Gasteiger charge is -2.30. The molecular formula is C18H22N5O4. The van der Waals surface area contributed by atoms with Crippen molar-refractivity contribution in [2.24, 2.45) is 9.98 Å². The summed E-state index contributed by atoms with van der Waals surface area (Å²) in [5.41, 5.74) is 1.57. The summed E-state index contributed by atoms with van der Waals surface area (Å²) in [6.07, 6.45) is 1.67.